The number of nitrogens with zero attached hydrogens (tertiary/aromatic N) is 2. The molecule has 0 saturated carbocycles. The van der Waals surface area contributed by atoms with Gasteiger partial charge in [0.1, 0.15) is 18.0 Å². The van der Waals surface area contributed by atoms with Gasteiger partial charge in [0.05, 0.1) is 5.69 Å². The van der Waals surface area contributed by atoms with E-state index >= 15 is 0 Å². The Hall–Kier alpha value is -2.33. The Labute approximate surface area is 117 Å². The number of rotatable bonds is 4. The molecular weight excluding hydrogens is 250 g/mol. The van der Waals surface area contributed by atoms with Crippen LogP contribution in [-0.4, -0.2) is 9.38 Å². The van der Waals surface area contributed by atoms with Crippen LogP contribution in [0.15, 0.2) is 48.8 Å². The number of benzene rings is 1. The molecule has 2 heterocycles. The van der Waals surface area contributed by atoms with E-state index in [2.05, 4.69) is 4.98 Å². The number of fused-ring (bicyclic) bond motifs is 1. The summed E-state index contributed by atoms with van der Waals surface area (Å²) < 4.78 is 7.91. The zero-order chi connectivity index (χ0) is 13.9. The van der Waals surface area contributed by atoms with Crippen LogP contribution in [-0.2, 0) is 13.2 Å². The van der Waals surface area contributed by atoms with Crippen LogP contribution in [0.1, 0.15) is 16.8 Å². The summed E-state index contributed by atoms with van der Waals surface area (Å²) >= 11 is 0. The molecule has 4 heteroatoms. The molecule has 0 atom stereocenters. The van der Waals surface area contributed by atoms with E-state index in [1.54, 1.807) is 0 Å². The summed E-state index contributed by atoms with van der Waals surface area (Å²) in [6.07, 6.45) is 3.96. The van der Waals surface area contributed by atoms with Crippen molar-refractivity contribution < 1.29 is 4.74 Å². The monoisotopic (exact) mass is 267 g/mol. The van der Waals surface area contributed by atoms with Crippen LogP contribution in [0.25, 0.3) is 5.65 Å². The maximum Gasteiger partial charge on any atom is 0.137 e. The van der Waals surface area contributed by atoms with Gasteiger partial charge in [0.25, 0.3) is 0 Å². The fourth-order valence-electron chi connectivity index (χ4n) is 2.28. The van der Waals surface area contributed by atoms with Gasteiger partial charge >= 0.3 is 0 Å². The minimum atomic E-state index is 0.444. The average molecular weight is 267 g/mol. The van der Waals surface area contributed by atoms with Crippen LogP contribution in [0.2, 0.25) is 0 Å². The van der Waals surface area contributed by atoms with Gasteiger partial charge in [0, 0.05) is 24.5 Å². The van der Waals surface area contributed by atoms with Gasteiger partial charge in [-0.15, -0.1) is 0 Å². The molecule has 20 heavy (non-hydrogen) atoms. The number of para-hydroxylation sites is 1. The first kappa shape index (κ1) is 12.7. The van der Waals surface area contributed by atoms with Crippen LogP contribution in [0.4, 0.5) is 0 Å². The van der Waals surface area contributed by atoms with Crippen molar-refractivity contribution >= 4 is 5.65 Å². The molecular formula is C16H17N3O. The number of hydrogen-bond donors (Lipinski definition) is 1. The normalized spacial score (nSPS) is 10.9. The highest BCUT2D eigenvalue weighted by molar-refractivity contribution is 5.41. The molecule has 2 N–H and O–H groups in total. The van der Waals surface area contributed by atoms with E-state index in [9.17, 15) is 0 Å². The number of hydrogen-bond acceptors (Lipinski definition) is 3. The number of nitrogens with two attached hydrogens (primary N) is 1. The fourth-order valence-corrected chi connectivity index (χ4v) is 2.28. The van der Waals surface area contributed by atoms with E-state index in [0.717, 1.165) is 28.2 Å². The summed E-state index contributed by atoms with van der Waals surface area (Å²) in [4.78, 5) is 4.52. The molecule has 0 aliphatic rings. The van der Waals surface area contributed by atoms with E-state index in [4.69, 9.17) is 10.5 Å². The minimum Gasteiger partial charge on any atom is -0.487 e. The number of aryl methyl sites for hydroxylation is 1. The second-order valence-electron chi connectivity index (χ2n) is 4.75. The van der Waals surface area contributed by atoms with Crippen molar-refractivity contribution in [1.82, 2.24) is 9.38 Å². The van der Waals surface area contributed by atoms with Crippen molar-refractivity contribution in [2.24, 2.45) is 5.73 Å². The van der Waals surface area contributed by atoms with Crippen molar-refractivity contribution in [2.75, 3.05) is 0 Å². The Morgan fingerprint density at radius 2 is 2.10 bits per heavy atom. The molecule has 1 aromatic carbocycles. The number of aromatic nitrogens is 2. The lowest BCUT2D eigenvalue weighted by Gasteiger charge is -2.12. The van der Waals surface area contributed by atoms with Gasteiger partial charge in [-0.05, 0) is 24.6 Å². The Morgan fingerprint density at radius 1 is 1.20 bits per heavy atom. The zero-order valence-electron chi connectivity index (χ0n) is 11.4. The molecule has 0 aliphatic carbocycles. The molecule has 0 unspecified atom stereocenters. The second kappa shape index (κ2) is 5.35. The zero-order valence-corrected chi connectivity index (χ0v) is 11.4. The lowest BCUT2D eigenvalue weighted by Crippen LogP contribution is -2.04. The summed E-state index contributed by atoms with van der Waals surface area (Å²) in [5.41, 5.74) is 9.70. The average Bonchev–Trinajstić information content (AvgIpc) is 2.88. The first-order chi connectivity index (χ1) is 9.78. The van der Waals surface area contributed by atoms with Crippen molar-refractivity contribution in [1.29, 1.82) is 0 Å². The van der Waals surface area contributed by atoms with Gasteiger partial charge in [0.2, 0.25) is 0 Å². The molecule has 3 rings (SSSR count). The Balaban J connectivity index is 1.82. The van der Waals surface area contributed by atoms with Crippen molar-refractivity contribution in [3.63, 3.8) is 0 Å². The molecule has 0 spiro atoms. The lowest BCUT2D eigenvalue weighted by atomic mass is 10.1. The van der Waals surface area contributed by atoms with Gasteiger partial charge in [-0.25, -0.2) is 4.98 Å². The lowest BCUT2D eigenvalue weighted by molar-refractivity contribution is 0.297. The summed E-state index contributed by atoms with van der Waals surface area (Å²) in [7, 11) is 0. The smallest absolute Gasteiger partial charge is 0.137 e. The first-order valence-corrected chi connectivity index (χ1v) is 6.62. The molecule has 102 valence electrons. The predicted molar refractivity (Wildman–Crippen MR) is 78.6 cm³/mol. The molecule has 3 aromatic rings. The first-order valence-electron chi connectivity index (χ1n) is 6.62. The molecule has 0 aliphatic heterocycles. The predicted octanol–water partition coefficient (Wildman–Crippen LogP) is 2.68. The third kappa shape index (κ3) is 2.38. The standard InChI is InChI=1S/C16H17N3O/c1-12-5-4-6-13(9-17)16(12)20-11-14-10-19-8-3-2-7-15(19)18-14/h2-8,10H,9,11,17H2,1H3. The third-order valence-electron chi connectivity index (χ3n) is 3.29. The maximum atomic E-state index is 5.92. The minimum absolute atomic E-state index is 0.444. The number of imidazole rings is 1. The van der Waals surface area contributed by atoms with Crippen LogP contribution < -0.4 is 10.5 Å². The van der Waals surface area contributed by atoms with Gasteiger partial charge in [-0.1, -0.05) is 24.3 Å². The largest absolute Gasteiger partial charge is 0.487 e. The Morgan fingerprint density at radius 3 is 2.90 bits per heavy atom. The summed E-state index contributed by atoms with van der Waals surface area (Å²) in [6, 6.07) is 11.9. The Kier molecular flexibility index (Phi) is 3.39. The molecule has 0 saturated heterocycles. The molecule has 0 fully saturated rings. The van der Waals surface area contributed by atoms with E-state index in [-0.39, 0.29) is 0 Å². The second-order valence-corrected chi connectivity index (χ2v) is 4.75. The van der Waals surface area contributed by atoms with E-state index in [1.807, 2.05) is 60.1 Å². The summed E-state index contributed by atoms with van der Waals surface area (Å²) in [5, 5.41) is 0. The van der Waals surface area contributed by atoms with E-state index < -0.39 is 0 Å². The van der Waals surface area contributed by atoms with Crippen LogP contribution in [0, 0.1) is 6.92 Å². The summed E-state index contributed by atoms with van der Waals surface area (Å²) in [5.74, 6) is 0.868. The molecule has 0 amide bonds. The van der Waals surface area contributed by atoms with Crippen LogP contribution >= 0.6 is 0 Å². The molecule has 0 bridgehead atoms. The summed E-state index contributed by atoms with van der Waals surface area (Å²) in [6.45, 7) is 2.94. The SMILES string of the molecule is Cc1cccc(CN)c1OCc1cn2ccccc2n1. The highest BCUT2D eigenvalue weighted by atomic mass is 16.5. The van der Waals surface area contributed by atoms with E-state index in [0.29, 0.717) is 13.2 Å². The number of pyridine rings is 1. The molecule has 2 aromatic heterocycles. The van der Waals surface area contributed by atoms with E-state index in [1.165, 1.54) is 0 Å². The van der Waals surface area contributed by atoms with Gasteiger partial charge < -0.3 is 14.9 Å². The fraction of sp³-hybridized carbons (Fsp3) is 0.188. The van der Waals surface area contributed by atoms with Crippen molar-refractivity contribution in [2.45, 2.75) is 20.1 Å². The molecule has 0 radical (unpaired) electrons. The number of ether oxygens (including phenoxy) is 1. The topological polar surface area (TPSA) is 52.5 Å². The highest BCUT2D eigenvalue weighted by Gasteiger charge is 2.07. The van der Waals surface area contributed by atoms with Crippen molar-refractivity contribution in [3.8, 4) is 5.75 Å². The van der Waals surface area contributed by atoms with Crippen LogP contribution in [0.3, 0.4) is 0 Å². The van der Waals surface area contributed by atoms with Crippen molar-refractivity contribution in [3.05, 3.63) is 65.6 Å². The van der Waals surface area contributed by atoms with Gasteiger partial charge in [0.15, 0.2) is 0 Å². The third-order valence-corrected chi connectivity index (χ3v) is 3.29. The molecule has 4 nitrogen and oxygen atoms in total. The van der Waals surface area contributed by atoms with Crippen LogP contribution in [0.5, 0.6) is 5.75 Å². The maximum absolute atomic E-state index is 5.92. The van der Waals surface area contributed by atoms with Gasteiger partial charge in [-0.2, -0.15) is 0 Å². The highest BCUT2D eigenvalue weighted by Crippen LogP contribution is 2.24. The van der Waals surface area contributed by atoms with Gasteiger partial charge in [-0.3, -0.25) is 0 Å². The Bertz CT molecular complexity index is 700. The quantitative estimate of drug-likeness (QED) is 0.790.